The average Bonchev–Trinajstić information content (AvgIpc) is 3.07. The van der Waals surface area contributed by atoms with E-state index < -0.39 is 11.9 Å². The smallest absolute Gasteiger partial charge is 0.307 e. The van der Waals surface area contributed by atoms with E-state index in [1.165, 1.54) is 12.8 Å². The molecule has 0 heterocycles. The van der Waals surface area contributed by atoms with E-state index in [4.69, 9.17) is 5.11 Å². The van der Waals surface area contributed by atoms with E-state index in [-0.39, 0.29) is 11.8 Å². The second kappa shape index (κ2) is 3.75. The molecule has 0 aromatic carbocycles. The third-order valence-corrected chi connectivity index (χ3v) is 4.18. The highest BCUT2D eigenvalue weighted by atomic mass is 16.4. The number of rotatable bonds is 5. The van der Waals surface area contributed by atoms with Crippen LogP contribution in [0.5, 0.6) is 0 Å². The van der Waals surface area contributed by atoms with E-state index in [0.29, 0.717) is 24.3 Å². The summed E-state index contributed by atoms with van der Waals surface area (Å²) < 4.78 is 0. The molecule has 2 aliphatic rings. The summed E-state index contributed by atoms with van der Waals surface area (Å²) >= 11 is 0. The van der Waals surface area contributed by atoms with E-state index in [1.807, 2.05) is 0 Å². The molecule has 2 aliphatic carbocycles. The number of carbonyl (C=O) groups is 2. The zero-order chi connectivity index (χ0) is 11.9. The van der Waals surface area contributed by atoms with Gasteiger partial charge in [0.2, 0.25) is 5.91 Å². The Bertz CT molecular complexity index is 320. The summed E-state index contributed by atoms with van der Waals surface area (Å²) in [4.78, 5) is 22.3. The zero-order valence-corrected chi connectivity index (χ0v) is 9.82. The Morgan fingerprint density at radius 2 is 2.00 bits per heavy atom. The fourth-order valence-corrected chi connectivity index (χ4v) is 2.27. The first-order chi connectivity index (χ1) is 7.46. The first-order valence-corrected chi connectivity index (χ1v) is 5.97. The lowest BCUT2D eigenvalue weighted by Crippen LogP contribution is -2.34. The maximum Gasteiger partial charge on any atom is 0.307 e. The molecule has 0 saturated heterocycles. The lowest BCUT2D eigenvalue weighted by Gasteiger charge is -2.19. The van der Waals surface area contributed by atoms with E-state index in [2.05, 4.69) is 19.2 Å². The molecule has 4 heteroatoms. The van der Waals surface area contributed by atoms with Crippen molar-refractivity contribution in [3.8, 4) is 0 Å². The van der Waals surface area contributed by atoms with Crippen LogP contribution in [0.25, 0.3) is 0 Å². The van der Waals surface area contributed by atoms with Gasteiger partial charge in [-0.15, -0.1) is 0 Å². The van der Waals surface area contributed by atoms with Gasteiger partial charge in [0, 0.05) is 6.54 Å². The van der Waals surface area contributed by atoms with Gasteiger partial charge < -0.3 is 10.4 Å². The molecule has 0 aliphatic heterocycles. The molecule has 2 rings (SSSR count). The second-order valence-electron chi connectivity index (χ2n) is 5.52. The van der Waals surface area contributed by atoms with Crippen LogP contribution >= 0.6 is 0 Å². The van der Waals surface area contributed by atoms with Crippen LogP contribution in [0.2, 0.25) is 0 Å². The Kier molecular flexibility index (Phi) is 2.68. The van der Waals surface area contributed by atoms with E-state index in [9.17, 15) is 9.59 Å². The number of nitrogens with one attached hydrogen (secondary N) is 1. The van der Waals surface area contributed by atoms with Crippen LogP contribution in [0, 0.1) is 23.2 Å². The van der Waals surface area contributed by atoms with Crippen molar-refractivity contribution in [1.29, 1.82) is 0 Å². The Labute approximate surface area is 95.4 Å². The molecule has 0 unspecified atom stereocenters. The van der Waals surface area contributed by atoms with Gasteiger partial charge in [0.15, 0.2) is 0 Å². The topological polar surface area (TPSA) is 66.4 Å². The third kappa shape index (κ3) is 2.06. The molecule has 2 saturated carbocycles. The average molecular weight is 225 g/mol. The quantitative estimate of drug-likeness (QED) is 0.740. The molecule has 0 spiro atoms. The molecule has 4 nitrogen and oxygen atoms in total. The maximum atomic E-state index is 11.6. The molecule has 0 bridgehead atoms. The van der Waals surface area contributed by atoms with Crippen molar-refractivity contribution in [1.82, 2.24) is 5.32 Å². The molecule has 0 radical (unpaired) electrons. The Balaban J connectivity index is 1.76. The summed E-state index contributed by atoms with van der Waals surface area (Å²) in [5.74, 6) is -1.04. The van der Waals surface area contributed by atoms with Gasteiger partial charge >= 0.3 is 5.97 Å². The summed E-state index contributed by atoms with van der Waals surface area (Å²) in [7, 11) is 0. The number of carbonyl (C=O) groups excluding carboxylic acids is 1. The van der Waals surface area contributed by atoms with Gasteiger partial charge in [-0.1, -0.05) is 13.8 Å². The normalized spacial score (nSPS) is 29.9. The van der Waals surface area contributed by atoms with Crippen LogP contribution in [0.3, 0.4) is 0 Å². The number of hydrogen-bond donors (Lipinski definition) is 2. The van der Waals surface area contributed by atoms with Crippen molar-refractivity contribution in [3.05, 3.63) is 0 Å². The number of aliphatic carboxylic acids is 1. The molecule has 0 aromatic heterocycles. The van der Waals surface area contributed by atoms with Gasteiger partial charge in [0.25, 0.3) is 0 Å². The molecule has 90 valence electrons. The number of amides is 1. The lowest BCUT2D eigenvalue weighted by molar-refractivity contribution is -0.140. The third-order valence-electron chi connectivity index (χ3n) is 4.18. The van der Waals surface area contributed by atoms with Crippen LogP contribution in [0.1, 0.15) is 33.1 Å². The number of hydrogen-bond acceptors (Lipinski definition) is 2. The minimum absolute atomic E-state index is 0.0701. The van der Waals surface area contributed by atoms with Gasteiger partial charge in [-0.25, -0.2) is 0 Å². The van der Waals surface area contributed by atoms with E-state index in [1.54, 1.807) is 0 Å². The van der Waals surface area contributed by atoms with Crippen LogP contribution in [0.15, 0.2) is 0 Å². The van der Waals surface area contributed by atoms with Crippen molar-refractivity contribution in [2.45, 2.75) is 33.1 Å². The molecule has 16 heavy (non-hydrogen) atoms. The molecule has 2 atom stereocenters. The molecule has 1 amide bonds. The van der Waals surface area contributed by atoms with Gasteiger partial charge in [-0.05, 0) is 30.6 Å². The fraction of sp³-hybridized carbons (Fsp3) is 0.833. The van der Waals surface area contributed by atoms with Gasteiger partial charge in [0.1, 0.15) is 0 Å². The highest BCUT2D eigenvalue weighted by Crippen LogP contribution is 2.51. The van der Waals surface area contributed by atoms with Crippen LogP contribution in [0.4, 0.5) is 0 Å². The zero-order valence-electron chi connectivity index (χ0n) is 9.82. The lowest BCUT2D eigenvalue weighted by atomic mass is 9.92. The predicted octanol–water partition coefficient (Wildman–Crippen LogP) is 1.26. The molecular formula is C12H19NO3. The SMILES string of the molecule is CC(C)C1(CNC(=O)[C@@H]2C[C@@H]2C(=O)O)CC1. The Morgan fingerprint density at radius 3 is 2.38 bits per heavy atom. The molecule has 2 fully saturated rings. The Morgan fingerprint density at radius 1 is 1.38 bits per heavy atom. The highest BCUT2D eigenvalue weighted by molar-refractivity contribution is 5.89. The van der Waals surface area contributed by atoms with Crippen molar-refractivity contribution in [2.24, 2.45) is 23.2 Å². The standard InChI is InChI=1S/C12H19NO3/c1-7(2)12(3-4-12)6-13-10(14)8-5-9(8)11(15)16/h7-9H,3-6H2,1-2H3,(H,13,14)(H,15,16)/t8-,9+/m1/s1. The second-order valence-corrected chi connectivity index (χ2v) is 5.52. The summed E-state index contributed by atoms with van der Waals surface area (Å²) in [6.45, 7) is 5.07. The van der Waals surface area contributed by atoms with Crippen LogP contribution in [-0.2, 0) is 9.59 Å². The van der Waals surface area contributed by atoms with E-state index >= 15 is 0 Å². The van der Waals surface area contributed by atoms with Crippen molar-refractivity contribution < 1.29 is 14.7 Å². The van der Waals surface area contributed by atoms with Crippen molar-refractivity contribution >= 4 is 11.9 Å². The highest BCUT2D eigenvalue weighted by Gasteiger charge is 2.50. The Hall–Kier alpha value is -1.06. The van der Waals surface area contributed by atoms with E-state index in [0.717, 1.165) is 0 Å². The molecule has 0 aromatic rings. The van der Waals surface area contributed by atoms with Crippen molar-refractivity contribution in [3.63, 3.8) is 0 Å². The minimum atomic E-state index is -0.842. The maximum absolute atomic E-state index is 11.6. The molecular weight excluding hydrogens is 206 g/mol. The van der Waals surface area contributed by atoms with Crippen molar-refractivity contribution in [2.75, 3.05) is 6.54 Å². The summed E-state index contributed by atoms with van der Waals surface area (Å²) in [6.07, 6.45) is 2.87. The fourth-order valence-electron chi connectivity index (χ4n) is 2.27. The predicted molar refractivity (Wildman–Crippen MR) is 58.7 cm³/mol. The summed E-state index contributed by atoms with van der Waals surface area (Å²) in [5.41, 5.74) is 0.295. The van der Waals surface area contributed by atoms with Gasteiger partial charge in [-0.3, -0.25) is 9.59 Å². The van der Waals surface area contributed by atoms with Crippen LogP contribution < -0.4 is 5.32 Å². The van der Waals surface area contributed by atoms with Gasteiger partial charge in [0.05, 0.1) is 11.8 Å². The number of carboxylic acids is 1. The first-order valence-electron chi connectivity index (χ1n) is 5.97. The summed E-state index contributed by atoms with van der Waals surface area (Å²) in [5, 5.41) is 11.6. The largest absolute Gasteiger partial charge is 0.481 e. The molecule has 2 N–H and O–H groups in total. The first kappa shape index (κ1) is 11.4. The summed E-state index contributed by atoms with van der Waals surface area (Å²) in [6, 6.07) is 0. The monoisotopic (exact) mass is 225 g/mol. The minimum Gasteiger partial charge on any atom is -0.481 e. The van der Waals surface area contributed by atoms with Gasteiger partial charge in [-0.2, -0.15) is 0 Å². The number of carboxylic acid groups (broad SMARTS) is 1. The van der Waals surface area contributed by atoms with Crippen LogP contribution in [-0.4, -0.2) is 23.5 Å².